The smallest absolute Gasteiger partial charge is 0.433 e. The molecule has 0 bridgehead atoms. The van der Waals surface area contributed by atoms with Crippen molar-refractivity contribution in [3.8, 4) is 0 Å². The highest BCUT2D eigenvalue weighted by Crippen LogP contribution is 2.57. The fraction of sp³-hybridized carbons (Fsp3) is 0.350. The summed E-state index contributed by atoms with van der Waals surface area (Å²) < 4.78 is 5.00. The molecule has 1 fully saturated rings. The van der Waals surface area contributed by atoms with Crippen molar-refractivity contribution in [1.82, 2.24) is 5.01 Å². The number of aryl methyl sites for hydroxylation is 2. The summed E-state index contributed by atoms with van der Waals surface area (Å²) in [5.74, 6) is 0.0656. The monoisotopic (exact) mass is 338 g/mol. The van der Waals surface area contributed by atoms with Crippen LogP contribution in [0.25, 0.3) is 0 Å². The fourth-order valence-electron chi connectivity index (χ4n) is 3.38. The standard InChI is InChI=1S/C20H22N2O3/c1-4-25-20(23)22(21-24)19-17(15-9-5-13(2)6-10-15)18(19)16-11-7-14(3)8-12-16/h5-12,17-19H,4H2,1-3H3/t17-,18-/m0/s1. The zero-order valence-electron chi connectivity index (χ0n) is 14.7. The van der Waals surface area contributed by atoms with Crippen LogP contribution in [0.15, 0.2) is 53.8 Å². The third-order valence-corrected chi connectivity index (χ3v) is 4.73. The number of benzene rings is 2. The number of carbonyl (C=O) groups is 1. The van der Waals surface area contributed by atoms with Crippen LogP contribution >= 0.6 is 0 Å². The summed E-state index contributed by atoms with van der Waals surface area (Å²) in [4.78, 5) is 23.5. The highest BCUT2D eigenvalue weighted by molar-refractivity contribution is 5.69. The Morgan fingerprint density at radius 1 is 0.960 bits per heavy atom. The molecule has 5 nitrogen and oxygen atoms in total. The average Bonchev–Trinajstić information content (AvgIpc) is 3.32. The summed E-state index contributed by atoms with van der Waals surface area (Å²) in [5.41, 5.74) is 4.53. The maximum Gasteiger partial charge on any atom is 0.433 e. The van der Waals surface area contributed by atoms with Crippen LogP contribution in [0.5, 0.6) is 0 Å². The van der Waals surface area contributed by atoms with Crippen LogP contribution in [-0.2, 0) is 4.74 Å². The van der Waals surface area contributed by atoms with Crippen molar-refractivity contribution in [1.29, 1.82) is 0 Å². The van der Waals surface area contributed by atoms with Gasteiger partial charge in [-0.05, 0) is 31.9 Å². The predicted octanol–water partition coefficient (Wildman–Crippen LogP) is 4.69. The zero-order valence-corrected chi connectivity index (χ0v) is 14.7. The second-order valence-corrected chi connectivity index (χ2v) is 6.49. The summed E-state index contributed by atoms with van der Waals surface area (Å²) in [6, 6.07) is 16.1. The molecule has 2 aromatic carbocycles. The first kappa shape index (κ1) is 17.1. The Morgan fingerprint density at radius 3 is 1.76 bits per heavy atom. The van der Waals surface area contributed by atoms with Crippen molar-refractivity contribution in [2.24, 2.45) is 5.29 Å². The Balaban J connectivity index is 1.94. The lowest BCUT2D eigenvalue weighted by Crippen LogP contribution is -2.29. The number of hydrogen-bond acceptors (Lipinski definition) is 4. The van der Waals surface area contributed by atoms with Gasteiger partial charge in [0.2, 0.25) is 0 Å². The molecule has 0 heterocycles. The minimum Gasteiger partial charge on any atom is -0.448 e. The van der Waals surface area contributed by atoms with E-state index < -0.39 is 6.09 Å². The Morgan fingerprint density at radius 2 is 1.40 bits per heavy atom. The lowest BCUT2D eigenvalue weighted by molar-refractivity contribution is 0.104. The van der Waals surface area contributed by atoms with Crippen LogP contribution in [0.2, 0.25) is 0 Å². The van der Waals surface area contributed by atoms with Gasteiger partial charge in [0, 0.05) is 11.8 Å². The van der Waals surface area contributed by atoms with Gasteiger partial charge in [0.1, 0.15) is 0 Å². The van der Waals surface area contributed by atoms with Crippen molar-refractivity contribution < 1.29 is 9.53 Å². The van der Waals surface area contributed by atoms with Crippen molar-refractivity contribution in [2.45, 2.75) is 38.6 Å². The molecule has 0 aromatic heterocycles. The molecule has 0 spiro atoms. The third kappa shape index (κ3) is 3.40. The normalized spacial score (nSPS) is 21.5. The molecule has 1 saturated carbocycles. The number of hydrogen-bond donors (Lipinski definition) is 0. The van der Waals surface area contributed by atoms with Gasteiger partial charge in [-0.1, -0.05) is 59.7 Å². The van der Waals surface area contributed by atoms with Crippen molar-refractivity contribution in [2.75, 3.05) is 6.61 Å². The highest BCUT2D eigenvalue weighted by Gasteiger charge is 2.58. The van der Waals surface area contributed by atoms with Gasteiger partial charge in [0.25, 0.3) is 0 Å². The molecule has 0 unspecified atom stereocenters. The fourth-order valence-corrected chi connectivity index (χ4v) is 3.38. The maximum atomic E-state index is 12.1. The van der Waals surface area contributed by atoms with Crippen molar-refractivity contribution in [3.63, 3.8) is 0 Å². The number of ether oxygens (including phenoxy) is 1. The molecular formula is C20H22N2O3. The molecule has 0 radical (unpaired) electrons. The largest absolute Gasteiger partial charge is 0.448 e. The summed E-state index contributed by atoms with van der Waals surface area (Å²) in [7, 11) is 0. The molecule has 130 valence electrons. The number of rotatable bonds is 5. The van der Waals surface area contributed by atoms with Crippen molar-refractivity contribution >= 4 is 6.09 Å². The van der Waals surface area contributed by atoms with Gasteiger partial charge < -0.3 is 4.74 Å². The van der Waals surface area contributed by atoms with Gasteiger partial charge in [-0.25, -0.2) is 4.79 Å². The van der Waals surface area contributed by atoms with E-state index in [0.29, 0.717) is 0 Å². The first-order chi connectivity index (χ1) is 12.1. The molecule has 0 aliphatic heterocycles. The molecule has 2 atom stereocenters. The number of carbonyl (C=O) groups excluding carboxylic acids is 1. The second-order valence-electron chi connectivity index (χ2n) is 6.49. The van der Waals surface area contributed by atoms with E-state index >= 15 is 0 Å². The Kier molecular flexibility index (Phi) is 4.83. The molecule has 0 N–H and O–H groups in total. The molecule has 1 amide bonds. The highest BCUT2D eigenvalue weighted by atomic mass is 16.6. The average molecular weight is 338 g/mol. The quantitative estimate of drug-likeness (QED) is 0.587. The predicted molar refractivity (Wildman–Crippen MR) is 96.3 cm³/mol. The Labute approximate surface area is 147 Å². The van der Waals surface area contributed by atoms with E-state index in [2.05, 4.69) is 29.6 Å². The van der Waals surface area contributed by atoms with Gasteiger partial charge in [0.05, 0.1) is 17.9 Å². The van der Waals surface area contributed by atoms with E-state index in [9.17, 15) is 9.70 Å². The number of amides is 1. The van der Waals surface area contributed by atoms with Crippen LogP contribution in [0.1, 0.15) is 41.0 Å². The molecule has 0 saturated heterocycles. The second kappa shape index (κ2) is 7.05. The van der Waals surface area contributed by atoms with Gasteiger partial charge in [-0.15, -0.1) is 4.91 Å². The van der Waals surface area contributed by atoms with Crippen molar-refractivity contribution in [3.05, 3.63) is 75.7 Å². The minimum atomic E-state index is -0.686. The van der Waals surface area contributed by atoms with Crippen LogP contribution in [0.4, 0.5) is 4.79 Å². The third-order valence-electron chi connectivity index (χ3n) is 4.73. The lowest BCUT2D eigenvalue weighted by Gasteiger charge is -2.13. The van der Waals surface area contributed by atoms with Gasteiger partial charge >= 0.3 is 6.09 Å². The topological polar surface area (TPSA) is 59.0 Å². The summed E-state index contributed by atoms with van der Waals surface area (Å²) >= 11 is 0. The van der Waals surface area contributed by atoms with Gasteiger partial charge in [-0.2, -0.15) is 5.01 Å². The molecule has 2 aromatic rings. The van der Waals surface area contributed by atoms with Crippen LogP contribution in [-0.4, -0.2) is 23.8 Å². The molecule has 1 aliphatic carbocycles. The van der Waals surface area contributed by atoms with E-state index in [1.54, 1.807) is 6.92 Å². The van der Waals surface area contributed by atoms with E-state index in [1.165, 1.54) is 11.1 Å². The van der Waals surface area contributed by atoms with Crippen LogP contribution in [0.3, 0.4) is 0 Å². The molecule has 1 aliphatic rings. The van der Waals surface area contributed by atoms with Crippen LogP contribution in [0, 0.1) is 18.8 Å². The van der Waals surface area contributed by atoms with Gasteiger partial charge in [-0.3, -0.25) is 0 Å². The first-order valence-corrected chi connectivity index (χ1v) is 8.49. The number of nitroso groups, excluding NO2 is 1. The summed E-state index contributed by atoms with van der Waals surface area (Å²) in [6.45, 7) is 5.98. The molecular weight excluding hydrogens is 316 g/mol. The SMILES string of the molecule is CCOC(=O)N(N=O)C1[C@@H](c2ccc(C)cc2)[C@@H]1c1ccc(C)cc1. The number of nitrogens with zero attached hydrogens (tertiary/aromatic N) is 2. The Bertz CT molecular complexity index is 704. The maximum absolute atomic E-state index is 12.1. The first-order valence-electron chi connectivity index (χ1n) is 8.49. The van der Waals surface area contributed by atoms with Gasteiger partial charge in [0.15, 0.2) is 0 Å². The molecule has 25 heavy (non-hydrogen) atoms. The zero-order chi connectivity index (χ0) is 18.0. The molecule has 3 rings (SSSR count). The molecule has 5 heteroatoms. The summed E-state index contributed by atoms with van der Waals surface area (Å²) in [5, 5.41) is 3.92. The lowest BCUT2D eigenvalue weighted by atomic mass is 10.0. The van der Waals surface area contributed by atoms with E-state index in [0.717, 1.165) is 16.1 Å². The van der Waals surface area contributed by atoms with E-state index in [-0.39, 0.29) is 24.5 Å². The minimum absolute atomic E-state index is 0.0328. The van der Waals surface area contributed by atoms with E-state index in [1.807, 2.05) is 38.1 Å². The summed E-state index contributed by atoms with van der Waals surface area (Å²) in [6.07, 6.45) is -0.686. The Hall–Kier alpha value is -2.69. The van der Waals surface area contributed by atoms with Crippen LogP contribution < -0.4 is 0 Å². The van der Waals surface area contributed by atoms with E-state index in [4.69, 9.17) is 4.74 Å².